The smallest absolute Gasteiger partial charge is 0.352 e. The third-order valence-corrected chi connectivity index (χ3v) is 6.06. The van der Waals surface area contributed by atoms with Gasteiger partial charge in [-0.05, 0) is 48.5 Å². The second kappa shape index (κ2) is 8.79. The zero-order valence-electron chi connectivity index (χ0n) is 16.0. The minimum atomic E-state index is -3.30. The maximum absolute atomic E-state index is 12.2. The minimum absolute atomic E-state index is 0.00864. The van der Waals surface area contributed by atoms with E-state index in [1.54, 1.807) is 61.5 Å². The van der Waals surface area contributed by atoms with Crippen molar-refractivity contribution in [1.29, 1.82) is 0 Å². The summed E-state index contributed by atoms with van der Waals surface area (Å²) in [7, 11) is -3.30. The molecule has 0 atom stereocenters. The lowest BCUT2D eigenvalue weighted by Gasteiger charge is -2.05. The highest BCUT2D eigenvalue weighted by Crippen LogP contribution is 2.25. The summed E-state index contributed by atoms with van der Waals surface area (Å²) in [6, 6.07) is 17.7. The molecule has 3 aromatic rings. The van der Waals surface area contributed by atoms with Crippen molar-refractivity contribution in [3.05, 3.63) is 83.8 Å². The maximum atomic E-state index is 12.2. The van der Waals surface area contributed by atoms with Gasteiger partial charge in [-0.3, -0.25) is 4.79 Å². The van der Waals surface area contributed by atoms with Crippen molar-refractivity contribution in [3.63, 3.8) is 0 Å². The summed E-state index contributed by atoms with van der Waals surface area (Å²) in [5.41, 5.74) is 0.621. The molecule has 0 saturated heterocycles. The average molecular weight is 425 g/mol. The fourth-order valence-corrected chi connectivity index (χ4v) is 3.54. The van der Waals surface area contributed by atoms with E-state index in [2.05, 4.69) is 5.32 Å². The number of carboxylic acid groups (broad SMARTS) is 1. The summed E-state index contributed by atoms with van der Waals surface area (Å²) in [6.45, 7) is 1.57. The van der Waals surface area contributed by atoms with Crippen LogP contribution in [0.15, 0.2) is 81.7 Å². The summed E-state index contributed by atoms with van der Waals surface area (Å²) in [5.74, 6) is -1.20. The quantitative estimate of drug-likeness (QED) is 0.559. The Morgan fingerprint density at radius 3 is 2.27 bits per heavy atom. The van der Waals surface area contributed by atoms with Crippen LogP contribution >= 0.6 is 0 Å². The number of sulfone groups is 1. The molecule has 154 valence electrons. The van der Waals surface area contributed by atoms with Gasteiger partial charge in [-0.2, -0.15) is 0 Å². The molecule has 1 heterocycles. The van der Waals surface area contributed by atoms with E-state index in [1.165, 1.54) is 18.2 Å². The molecule has 0 fully saturated rings. The fraction of sp³-hybridized carbons (Fsp3) is 0.0909. The molecule has 1 aromatic heterocycles. The van der Waals surface area contributed by atoms with Crippen LogP contribution in [0.25, 0.3) is 17.4 Å². The Morgan fingerprint density at radius 1 is 1.00 bits per heavy atom. The van der Waals surface area contributed by atoms with E-state index in [4.69, 9.17) is 4.42 Å². The molecule has 1 amide bonds. The van der Waals surface area contributed by atoms with Crippen LogP contribution in [-0.4, -0.2) is 31.2 Å². The molecule has 2 aromatic carbocycles. The lowest BCUT2D eigenvalue weighted by molar-refractivity contribution is -0.132. The standard InChI is InChI=1S/C22H19NO6S/c1-2-30(27,28)18-11-8-15(9-12-18)20-13-10-17(29-20)14-19(22(25)26)23-21(24)16-6-4-3-5-7-16/h3-14H,2H2,1H3,(H,23,24)(H,25,26)/b19-14-. The Kier molecular flexibility index (Phi) is 6.17. The molecule has 0 unspecified atom stereocenters. The van der Waals surface area contributed by atoms with Crippen molar-refractivity contribution < 1.29 is 27.5 Å². The Morgan fingerprint density at radius 2 is 1.67 bits per heavy atom. The van der Waals surface area contributed by atoms with Crippen molar-refractivity contribution in [3.8, 4) is 11.3 Å². The van der Waals surface area contributed by atoms with Crippen LogP contribution in [0.4, 0.5) is 0 Å². The summed E-state index contributed by atoms with van der Waals surface area (Å²) in [4.78, 5) is 24.0. The molecule has 0 bridgehead atoms. The number of benzene rings is 2. The van der Waals surface area contributed by atoms with Gasteiger partial charge in [-0.15, -0.1) is 0 Å². The van der Waals surface area contributed by atoms with E-state index in [9.17, 15) is 23.1 Å². The van der Waals surface area contributed by atoms with Gasteiger partial charge in [0.1, 0.15) is 17.2 Å². The van der Waals surface area contributed by atoms with Crippen LogP contribution < -0.4 is 5.32 Å². The van der Waals surface area contributed by atoms with Gasteiger partial charge in [-0.1, -0.05) is 25.1 Å². The van der Waals surface area contributed by atoms with Crippen molar-refractivity contribution in [2.45, 2.75) is 11.8 Å². The monoisotopic (exact) mass is 425 g/mol. The molecule has 0 aliphatic heterocycles. The highest BCUT2D eigenvalue weighted by atomic mass is 32.2. The maximum Gasteiger partial charge on any atom is 0.352 e. The molecule has 0 radical (unpaired) electrons. The second-order valence-corrected chi connectivity index (χ2v) is 8.59. The lowest BCUT2D eigenvalue weighted by Crippen LogP contribution is -2.27. The number of rotatable bonds is 7. The van der Waals surface area contributed by atoms with E-state index >= 15 is 0 Å². The molecule has 3 rings (SSSR count). The number of nitrogens with one attached hydrogen (secondary N) is 1. The van der Waals surface area contributed by atoms with E-state index in [1.807, 2.05) is 0 Å². The Labute approximate surface area is 173 Å². The summed E-state index contributed by atoms with van der Waals surface area (Å²) >= 11 is 0. The zero-order chi connectivity index (χ0) is 21.7. The largest absolute Gasteiger partial charge is 0.477 e. The Hall–Kier alpha value is -3.65. The normalized spacial score (nSPS) is 11.8. The molecule has 0 aliphatic rings. The number of hydrogen-bond donors (Lipinski definition) is 2. The molecule has 0 saturated carbocycles. The van der Waals surface area contributed by atoms with Crippen LogP contribution in [0.3, 0.4) is 0 Å². The van der Waals surface area contributed by atoms with Gasteiger partial charge in [0.25, 0.3) is 5.91 Å². The molecule has 8 heteroatoms. The molecule has 0 aliphatic carbocycles. The first-order chi connectivity index (χ1) is 14.3. The van der Waals surface area contributed by atoms with E-state index in [-0.39, 0.29) is 22.1 Å². The first kappa shape index (κ1) is 21.1. The number of carbonyl (C=O) groups excluding carboxylic acids is 1. The third-order valence-electron chi connectivity index (χ3n) is 4.31. The minimum Gasteiger partial charge on any atom is -0.477 e. The number of hydrogen-bond acceptors (Lipinski definition) is 5. The fourth-order valence-electron chi connectivity index (χ4n) is 2.66. The lowest BCUT2D eigenvalue weighted by atomic mass is 10.2. The predicted octanol–water partition coefficient (Wildman–Crippen LogP) is 3.60. The Balaban J connectivity index is 1.82. The predicted molar refractivity (Wildman–Crippen MR) is 111 cm³/mol. The van der Waals surface area contributed by atoms with Gasteiger partial charge in [0.05, 0.1) is 10.6 Å². The van der Waals surface area contributed by atoms with Crippen LogP contribution in [0, 0.1) is 0 Å². The molecule has 30 heavy (non-hydrogen) atoms. The van der Waals surface area contributed by atoms with Crippen LogP contribution in [0.2, 0.25) is 0 Å². The van der Waals surface area contributed by atoms with Crippen LogP contribution in [0.1, 0.15) is 23.0 Å². The zero-order valence-corrected chi connectivity index (χ0v) is 16.8. The van der Waals surface area contributed by atoms with Gasteiger partial charge in [0.15, 0.2) is 9.84 Å². The number of carbonyl (C=O) groups is 2. The molecular weight excluding hydrogens is 406 g/mol. The van der Waals surface area contributed by atoms with Crippen molar-refractivity contribution in [2.75, 3.05) is 5.75 Å². The van der Waals surface area contributed by atoms with Crippen LogP contribution in [-0.2, 0) is 14.6 Å². The summed E-state index contributed by atoms with van der Waals surface area (Å²) in [5, 5.41) is 11.8. The molecule has 7 nitrogen and oxygen atoms in total. The highest BCUT2D eigenvalue weighted by molar-refractivity contribution is 7.91. The number of carboxylic acids is 1. The third kappa shape index (κ3) is 4.84. The van der Waals surface area contributed by atoms with Crippen LogP contribution in [0.5, 0.6) is 0 Å². The Bertz CT molecular complexity index is 1190. The summed E-state index contributed by atoms with van der Waals surface area (Å²) < 4.78 is 29.5. The second-order valence-electron chi connectivity index (χ2n) is 6.31. The topological polar surface area (TPSA) is 114 Å². The highest BCUT2D eigenvalue weighted by Gasteiger charge is 2.15. The van der Waals surface area contributed by atoms with Gasteiger partial charge >= 0.3 is 5.97 Å². The SMILES string of the molecule is CCS(=O)(=O)c1ccc(-c2ccc(/C=C(\NC(=O)c3ccccc3)C(=O)O)o2)cc1. The van der Waals surface area contributed by atoms with Gasteiger partial charge in [0.2, 0.25) is 0 Å². The van der Waals surface area contributed by atoms with E-state index in [0.29, 0.717) is 16.9 Å². The van der Waals surface area contributed by atoms with Gasteiger partial charge in [0, 0.05) is 17.2 Å². The van der Waals surface area contributed by atoms with Crippen molar-refractivity contribution in [2.24, 2.45) is 0 Å². The molecule has 0 spiro atoms. The first-order valence-corrected chi connectivity index (χ1v) is 10.7. The van der Waals surface area contributed by atoms with Crippen molar-refractivity contribution in [1.82, 2.24) is 5.32 Å². The number of aliphatic carboxylic acids is 1. The molecular formula is C22H19NO6S. The van der Waals surface area contributed by atoms with E-state index in [0.717, 1.165) is 0 Å². The average Bonchev–Trinajstić information content (AvgIpc) is 3.22. The van der Waals surface area contributed by atoms with Crippen molar-refractivity contribution >= 4 is 27.8 Å². The summed E-state index contributed by atoms with van der Waals surface area (Å²) in [6.07, 6.45) is 1.21. The number of furan rings is 1. The number of amides is 1. The van der Waals surface area contributed by atoms with E-state index < -0.39 is 21.7 Å². The van der Waals surface area contributed by atoms with Gasteiger partial charge in [-0.25, -0.2) is 13.2 Å². The van der Waals surface area contributed by atoms with Gasteiger partial charge < -0.3 is 14.8 Å². The molecule has 2 N–H and O–H groups in total. The first-order valence-electron chi connectivity index (χ1n) is 9.04.